The van der Waals surface area contributed by atoms with Gasteiger partial charge in [-0.2, -0.15) is 4.98 Å². The van der Waals surface area contributed by atoms with Crippen LogP contribution in [-0.4, -0.2) is 89.0 Å². The molecule has 0 bridgehead atoms. The number of carbonyl (C=O) groups excluding carboxylic acids is 3. The van der Waals surface area contributed by atoms with Crippen LogP contribution in [-0.2, 0) is 11.3 Å². The topological polar surface area (TPSA) is 119 Å². The van der Waals surface area contributed by atoms with E-state index < -0.39 is 0 Å². The Labute approximate surface area is 274 Å². The van der Waals surface area contributed by atoms with Gasteiger partial charge in [0.25, 0.3) is 5.91 Å². The highest BCUT2D eigenvalue weighted by Crippen LogP contribution is 2.35. The molecule has 2 aromatic heterocycles. The molecule has 2 N–H and O–H groups in total. The molecule has 4 aromatic rings. The van der Waals surface area contributed by atoms with Gasteiger partial charge in [0.1, 0.15) is 11.3 Å². The first-order valence-corrected chi connectivity index (χ1v) is 16.5. The molecule has 0 unspecified atom stereocenters. The highest BCUT2D eigenvalue weighted by Gasteiger charge is 2.27. The maximum atomic E-state index is 13.0. The van der Waals surface area contributed by atoms with Crippen LogP contribution in [0.5, 0.6) is 0 Å². The zero-order valence-corrected chi connectivity index (χ0v) is 27.0. The number of nitrogens with one attached hydrogen (secondary N) is 2. The second kappa shape index (κ2) is 13.0. The van der Waals surface area contributed by atoms with E-state index in [1.165, 1.54) is 11.3 Å². The van der Waals surface area contributed by atoms with E-state index in [1.807, 2.05) is 18.2 Å². The Morgan fingerprint density at radius 3 is 2.32 bits per heavy atom. The van der Waals surface area contributed by atoms with E-state index in [0.717, 1.165) is 80.8 Å². The molecule has 2 aromatic carbocycles. The van der Waals surface area contributed by atoms with E-state index in [0.29, 0.717) is 24.6 Å². The Bertz CT molecular complexity index is 1770. The highest BCUT2D eigenvalue weighted by molar-refractivity contribution is 6.05. The van der Waals surface area contributed by atoms with Gasteiger partial charge >= 0.3 is 6.03 Å². The number of carbonyl (C=O) groups is 3. The second-order valence-electron chi connectivity index (χ2n) is 12.9. The van der Waals surface area contributed by atoms with E-state index >= 15 is 0 Å². The number of nitrogens with zero attached hydrogens (tertiary/aromatic N) is 7. The van der Waals surface area contributed by atoms with E-state index in [4.69, 9.17) is 4.98 Å². The Morgan fingerprint density at radius 1 is 0.936 bits per heavy atom. The van der Waals surface area contributed by atoms with Crippen LogP contribution in [0.1, 0.15) is 54.2 Å². The van der Waals surface area contributed by atoms with Crippen molar-refractivity contribution >= 4 is 51.9 Å². The van der Waals surface area contributed by atoms with E-state index in [2.05, 4.69) is 66.4 Å². The number of benzene rings is 2. The zero-order valence-electron chi connectivity index (χ0n) is 27.0. The molecule has 1 saturated carbocycles. The average molecular weight is 636 g/mol. The van der Waals surface area contributed by atoms with Crippen LogP contribution >= 0.6 is 0 Å². The van der Waals surface area contributed by atoms with Crippen molar-refractivity contribution in [1.29, 1.82) is 0 Å². The van der Waals surface area contributed by atoms with Crippen molar-refractivity contribution in [2.75, 3.05) is 61.9 Å². The van der Waals surface area contributed by atoms with E-state index in [1.54, 1.807) is 30.1 Å². The molecule has 12 heteroatoms. The normalized spacial score (nSPS) is 17.7. The fraction of sp³-hybridized carbons (Fsp3) is 0.400. The molecule has 244 valence electrons. The van der Waals surface area contributed by atoms with Gasteiger partial charge in [0.15, 0.2) is 0 Å². The molecular formula is C35H41N9O3. The molecule has 0 radical (unpaired) electrons. The van der Waals surface area contributed by atoms with Crippen molar-refractivity contribution in [3.05, 3.63) is 72.1 Å². The smallest absolute Gasteiger partial charge is 0.328 e. The van der Waals surface area contributed by atoms with Crippen LogP contribution in [0.3, 0.4) is 0 Å². The Kier molecular flexibility index (Phi) is 8.50. The molecule has 0 atom stereocenters. The molecule has 4 heterocycles. The van der Waals surface area contributed by atoms with Gasteiger partial charge in [-0.3, -0.25) is 24.7 Å². The summed E-state index contributed by atoms with van der Waals surface area (Å²) in [6.07, 6.45) is 6.56. The zero-order chi connectivity index (χ0) is 32.5. The summed E-state index contributed by atoms with van der Waals surface area (Å²) in [6.45, 7) is 5.01. The van der Waals surface area contributed by atoms with Gasteiger partial charge in [-0.15, -0.1) is 0 Å². The molecule has 3 fully saturated rings. The lowest BCUT2D eigenvalue weighted by Gasteiger charge is -2.36. The summed E-state index contributed by atoms with van der Waals surface area (Å²) >= 11 is 0. The first kappa shape index (κ1) is 30.7. The Morgan fingerprint density at radius 2 is 1.64 bits per heavy atom. The summed E-state index contributed by atoms with van der Waals surface area (Å²) in [7, 11) is 3.57. The molecule has 1 aliphatic carbocycles. The van der Waals surface area contributed by atoms with Crippen LogP contribution in [0.2, 0.25) is 0 Å². The quantitative estimate of drug-likeness (QED) is 0.285. The number of hydrogen-bond donors (Lipinski definition) is 2. The number of hydrogen-bond acceptors (Lipinski definition) is 8. The highest BCUT2D eigenvalue weighted by atomic mass is 16.2. The molecule has 2 aliphatic heterocycles. The molecule has 12 nitrogen and oxygen atoms in total. The summed E-state index contributed by atoms with van der Waals surface area (Å²) in [4.78, 5) is 54.2. The number of urea groups is 1. The van der Waals surface area contributed by atoms with Crippen LogP contribution in [0.25, 0.3) is 11.0 Å². The van der Waals surface area contributed by atoms with Crippen LogP contribution in [0.15, 0.2) is 60.8 Å². The molecule has 3 aliphatic rings. The van der Waals surface area contributed by atoms with Crippen molar-refractivity contribution in [2.24, 2.45) is 0 Å². The number of piperazine rings is 1. The number of rotatable bonds is 8. The van der Waals surface area contributed by atoms with E-state index in [9.17, 15) is 14.4 Å². The van der Waals surface area contributed by atoms with Gasteiger partial charge in [-0.1, -0.05) is 25.0 Å². The number of amides is 4. The average Bonchev–Trinajstić information content (AvgIpc) is 3.74. The summed E-state index contributed by atoms with van der Waals surface area (Å²) < 4.78 is 2.13. The molecular weight excluding hydrogens is 594 g/mol. The molecule has 4 amide bonds. The fourth-order valence-corrected chi connectivity index (χ4v) is 6.89. The van der Waals surface area contributed by atoms with Crippen LogP contribution in [0, 0.1) is 0 Å². The lowest BCUT2D eigenvalue weighted by Crippen LogP contribution is -2.49. The maximum absolute atomic E-state index is 13.0. The van der Waals surface area contributed by atoms with E-state index in [-0.39, 0.29) is 23.9 Å². The number of imide groups is 1. The summed E-state index contributed by atoms with van der Waals surface area (Å²) in [5.41, 5.74) is 5.56. The van der Waals surface area contributed by atoms with Gasteiger partial charge in [0.2, 0.25) is 11.9 Å². The first-order chi connectivity index (χ1) is 22.8. The third kappa shape index (κ3) is 6.50. The van der Waals surface area contributed by atoms with Crippen molar-refractivity contribution in [3.63, 3.8) is 0 Å². The SMILES string of the molecule is CN(C)C(=O)c1cc2cnc(Nc3ccc(N4CCN(Cc5ccc(N6CCC(=O)NC6=O)cc5)CC4)cc3)nc2n1C1CCCC1. The fourth-order valence-electron chi connectivity index (χ4n) is 6.89. The Balaban J connectivity index is 0.959. The molecule has 2 saturated heterocycles. The molecule has 0 spiro atoms. The third-order valence-electron chi connectivity index (χ3n) is 9.46. The minimum Gasteiger partial charge on any atom is -0.369 e. The van der Waals surface area contributed by atoms with Gasteiger partial charge in [0.05, 0.1) is 0 Å². The largest absolute Gasteiger partial charge is 0.369 e. The predicted octanol–water partition coefficient (Wildman–Crippen LogP) is 4.76. The van der Waals surface area contributed by atoms with Crippen LogP contribution in [0.4, 0.5) is 27.8 Å². The van der Waals surface area contributed by atoms with Gasteiger partial charge < -0.3 is 19.7 Å². The predicted molar refractivity (Wildman–Crippen MR) is 182 cm³/mol. The molecule has 7 rings (SSSR count). The standard InChI is InChI=1S/C35H41N9O3/c1-40(2)33(46)30-21-25-22-36-34(39-32(25)44(30)29-5-3-4-6-29)37-26-9-13-27(14-10-26)42-19-17-41(18-20-42)23-24-7-11-28(12-8-24)43-16-15-31(45)38-35(43)47/h7-14,21-22,29H,3-6,15-20,23H2,1-2H3,(H,36,37,39)(H,38,45,47). The van der Waals surface area contributed by atoms with Gasteiger partial charge in [-0.05, 0) is 60.9 Å². The molecule has 47 heavy (non-hydrogen) atoms. The Hall–Kier alpha value is -4.97. The number of aromatic nitrogens is 3. The van der Waals surface area contributed by atoms with Gasteiger partial charge in [0, 0.05) is 94.5 Å². The minimum absolute atomic E-state index is 0.0140. The second-order valence-corrected chi connectivity index (χ2v) is 12.9. The number of anilines is 4. The van der Waals surface area contributed by atoms with Crippen molar-refractivity contribution in [2.45, 2.75) is 44.7 Å². The first-order valence-electron chi connectivity index (χ1n) is 16.5. The summed E-state index contributed by atoms with van der Waals surface area (Å²) in [5, 5.41) is 6.63. The van der Waals surface area contributed by atoms with Crippen molar-refractivity contribution in [1.82, 2.24) is 29.7 Å². The van der Waals surface area contributed by atoms with Crippen LogP contribution < -0.4 is 20.4 Å². The van der Waals surface area contributed by atoms with Crippen molar-refractivity contribution in [3.8, 4) is 0 Å². The third-order valence-corrected chi connectivity index (χ3v) is 9.46. The summed E-state index contributed by atoms with van der Waals surface area (Å²) in [5.74, 6) is 0.278. The monoisotopic (exact) mass is 635 g/mol. The van der Waals surface area contributed by atoms with Gasteiger partial charge in [-0.25, -0.2) is 9.78 Å². The minimum atomic E-state index is -0.359. The maximum Gasteiger partial charge on any atom is 0.328 e. The van der Waals surface area contributed by atoms with Crippen molar-refractivity contribution < 1.29 is 14.4 Å². The lowest BCUT2D eigenvalue weighted by molar-refractivity contribution is -0.120. The summed E-state index contributed by atoms with van der Waals surface area (Å²) in [6, 6.07) is 18.3. The number of fused-ring (bicyclic) bond motifs is 1. The lowest BCUT2D eigenvalue weighted by atomic mass is 10.1.